The van der Waals surface area contributed by atoms with Gasteiger partial charge >= 0.3 is 0 Å². The first kappa shape index (κ1) is 23.0. The lowest BCUT2D eigenvalue weighted by Gasteiger charge is -2.36. The Bertz CT molecular complexity index is 1260. The van der Waals surface area contributed by atoms with Gasteiger partial charge in [0.25, 0.3) is 0 Å². The molecule has 0 atom stereocenters. The van der Waals surface area contributed by atoms with E-state index in [4.69, 9.17) is 23.2 Å². The van der Waals surface area contributed by atoms with Crippen molar-refractivity contribution in [3.8, 4) is 16.9 Å². The fourth-order valence-corrected chi connectivity index (χ4v) is 4.88. The fourth-order valence-electron chi connectivity index (χ4n) is 4.63. The monoisotopic (exact) mass is 493 g/mol. The number of anilines is 1. The molecule has 1 fully saturated rings. The van der Waals surface area contributed by atoms with Gasteiger partial charge in [0.05, 0.1) is 5.69 Å². The lowest BCUT2D eigenvalue weighted by Crippen LogP contribution is -2.46. The molecular formula is C28H26Cl2FN3. The van der Waals surface area contributed by atoms with E-state index in [1.165, 1.54) is 23.4 Å². The van der Waals surface area contributed by atoms with E-state index < -0.39 is 0 Å². The Labute approximate surface area is 209 Å². The molecule has 1 aromatic heterocycles. The summed E-state index contributed by atoms with van der Waals surface area (Å²) in [7, 11) is 0. The minimum absolute atomic E-state index is 0.195. The molecule has 6 heteroatoms. The molecule has 3 aromatic carbocycles. The lowest BCUT2D eigenvalue weighted by atomic mass is 10.1. The molecule has 1 aliphatic rings. The predicted octanol–water partition coefficient (Wildman–Crippen LogP) is 7.22. The Hall–Kier alpha value is -2.79. The number of benzene rings is 3. The van der Waals surface area contributed by atoms with Crippen LogP contribution in [0.15, 0.2) is 78.9 Å². The number of piperazine rings is 1. The van der Waals surface area contributed by atoms with Crippen LogP contribution >= 0.6 is 23.2 Å². The van der Waals surface area contributed by atoms with Crippen molar-refractivity contribution >= 4 is 28.9 Å². The lowest BCUT2D eigenvalue weighted by molar-refractivity contribution is 0.249. The quantitative estimate of drug-likeness (QED) is 0.290. The van der Waals surface area contributed by atoms with Crippen LogP contribution in [0.4, 0.5) is 10.1 Å². The zero-order valence-electron chi connectivity index (χ0n) is 19.0. The summed E-state index contributed by atoms with van der Waals surface area (Å²) < 4.78 is 15.6. The summed E-state index contributed by atoms with van der Waals surface area (Å²) in [5, 5.41) is 1.45. The van der Waals surface area contributed by atoms with Crippen LogP contribution < -0.4 is 4.90 Å². The summed E-state index contributed by atoms with van der Waals surface area (Å²) in [6, 6.07) is 25.0. The van der Waals surface area contributed by atoms with Gasteiger partial charge in [-0.2, -0.15) is 0 Å². The second kappa shape index (κ2) is 9.83. The average molecular weight is 494 g/mol. The summed E-state index contributed by atoms with van der Waals surface area (Å²) in [5.74, 6) is -0.195. The topological polar surface area (TPSA) is 11.4 Å². The largest absolute Gasteiger partial charge is 0.369 e. The van der Waals surface area contributed by atoms with Gasteiger partial charge < -0.3 is 9.47 Å². The van der Waals surface area contributed by atoms with Gasteiger partial charge in [-0.1, -0.05) is 35.3 Å². The van der Waals surface area contributed by atoms with Crippen molar-refractivity contribution in [1.29, 1.82) is 0 Å². The molecule has 4 aromatic rings. The van der Waals surface area contributed by atoms with Gasteiger partial charge in [0.2, 0.25) is 0 Å². The van der Waals surface area contributed by atoms with Gasteiger partial charge in [-0.05, 0) is 84.8 Å². The molecule has 2 heterocycles. The molecule has 0 radical (unpaired) electrons. The van der Waals surface area contributed by atoms with E-state index in [0.717, 1.165) is 65.4 Å². The summed E-state index contributed by atoms with van der Waals surface area (Å²) in [5.41, 5.74) is 6.94. The standard InChI is InChI=1S/C28H26Cl2FN3/c1-20-22(19-32-14-16-33(17-15-32)26-12-8-25(31)9-13-26)18-28(21-2-4-23(29)5-3-21)34(20)27-10-6-24(30)7-11-27/h2-13,18H,14-17,19H2,1H3. The van der Waals surface area contributed by atoms with Crippen molar-refractivity contribution in [3.05, 3.63) is 106 Å². The Morgan fingerprint density at radius 3 is 1.91 bits per heavy atom. The summed E-state index contributed by atoms with van der Waals surface area (Å²) in [6.07, 6.45) is 0. The van der Waals surface area contributed by atoms with Gasteiger partial charge in [-0.25, -0.2) is 4.39 Å². The summed E-state index contributed by atoms with van der Waals surface area (Å²) in [4.78, 5) is 4.81. The molecule has 0 bridgehead atoms. The Kier molecular flexibility index (Phi) is 6.64. The molecule has 1 aliphatic heterocycles. The SMILES string of the molecule is Cc1c(CN2CCN(c3ccc(F)cc3)CC2)cc(-c2ccc(Cl)cc2)n1-c1ccc(Cl)cc1. The minimum atomic E-state index is -0.195. The molecule has 0 amide bonds. The summed E-state index contributed by atoms with van der Waals surface area (Å²) in [6.45, 7) is 6.82. The van der Waals surface area contributed by atoms with Crippen LogP contribution in [0, 0.1) is 12.7 Å². The van der Waals surface area contributed by atoms with Crippen LogP contribution in [0.2, 0.25) is 10.0 Å². The van der Waals surface area contributed by atoms with E-state index in [1.807, 2.05) is 36.4 Å². The molecular weight excluding hydrogens is 468 g/mol. The molecule has 3 nitrogen and oxygen atoms in total. The molecule has 0 aliphatic carbocycles. The second-order valence-electron chi connectivity index (χ2n) is 8.70. The number of rotatable bonds is 5. The predicted molar refractivity (Wildman–Crippen MR) is 140 cm³/mol. The minimum Gasteiger partial charge on any atom is -0.369 e. The smallest absolute Gasteiger partial charge is 0.123 e. The van der Waals surface area contributed by atoms with Crippen LogP contribution in [-0.2, 0) is 6.54 Å². The van der Waals surface area contributed by atoms with Crippen molar-refractivity contribution < 1.29 is 4.39 Å². The third-order valence-electron chi connectivity index (χ3n) is 6.53. The number of hydrogen-bond acceptors (Lipinski definition) is 2. The zero-order chi connectivity index (χ0) is 23.7. The van der Waals surface area contributed by atoms with Crippen LogP contribution in [0.25, 0.3) is 16.9 Å². The van der Waals surface area contributed by atoms with Gasteiger partial charge in [0.1, 0.15) is 5.82 Å². The highest BCUT2D eigenvalue weighted by Crippen LogP contribution is 2.32. The maximum absolute atomic E-state index is 13.3. The molecule has 0 N–H and O–H groups in total. The van der Waals surface area contributed by atoms with Crippen LogP contribution in [0.3, 0.4) is 0 Å². The number of nitrogens with zero attached hydrogens (tertiary/aromatic N) is 3. The average Bonchev–Trinajstić information content (AvgIpc) is 3.17. The Morgan fingerprint density at radius 2 is 1.29 bits per heavy atom. The Morgan fingerprint density at radius 1 is 0.735 bits per heavy atom. The van der Waals surface area contributed by atoms with Crippen LogP contribution in [-0.4, -0.2) is 35.6 Å². The number of aromatic nitrogens is 1. The molecule has 0 saturated carbocycles. The van der Waals surface area contributed by atoms with E-state index in [0.29, 0.717) is 0 Å². The van der Waals surface area contributed by atoms with Crippen molar-refractivity contribution in [2.24, 2.45) is 0 Å². The van der Waals surface area contributed by atoms with Crippen LogP contribution in [0.5, 0.6) is 0 Å². The molecule has 174 valence electrons. The van der Waals surface area contributed by atoms with Crippen molar-refractivity contribution in [1.82, 2.24) is 9.47 Å². The van der Waals surface area contributed by atoms with Gasteiger partial charge in [-0.3, -0.25) is 4.90 Å². The van der Waals surface area contributed by atoms with Gasteiger partial charge in [0, 0.05) is 59.8 Å². The van der Waals surface area contributed by atoms with E-state index in [9.17, 15) is 4.39 Å². The van der Waals surface area contributed by atoms with E-state index in [2.05, 4.69) is 51.6 Å². The number of hydrogen-bond donors (Lipinski definition) is 0. The molecule has 0 spiro atoms. The normalized spacial score (nSPS) is 14.5. The van der Waals surface area contributed by atoms with Gasteiger partial charge in [0.15, 0.2) is 0 Å². The van der Waals surface area contributed by atoms with Crippen molar-refractivity contribution in [2.75, 3.05) is 31.1 Å². The van der Waals surface area contributed by atoms with Crippen LogP contribution in [0.1, 0.15) is 11.3 Å². The highest BCUT2D eigenvalue weighted by atomic mass is 35.5. The molecule has 34 heavy (non-hydrogen) atoms. The van der Waals surface area contributed by atoms with Crippen molar-refractivity contribution in [3.63, 3.8) is 0 Å². The highest BCUT2D eigenvalue weighted by Gasteiger charge is 2.21. The molecule has 0 unspecified atom stereocenters. The fraction of sp³-hybridized carbons (Fsp3) is 0.214. The first-order valence-corrected chi connectivity index (χ1v) is 12.2. The van der Waals surface area contributed by atoms with Gasteiger partial charge in [-0.15, -0.1) is 0 Å². The third-order valence-corrected chi connectivity index (χ3v) is 7.04. The first-order chi connectivity index (χ1) is 16.5. The molecule has 1 saturated heterocycles. The van der Waals surface area contributed by atoms with E-state index in [-0.39, 0.29) is 5.82 Å². The van der Waals surface area contributed by atoms with Crippen molar-refractivity contribution in [2.45, 2.75) is 13.5 Å². The second-order valence-corrected chi connectivity index (χ2v) is 9.57. The maximum Gasteiger partial charge on any atom is 0.123 e. The molecule has 5 rings (SSSR count). The maximum atomic E-state index is 13.3. The summed E-state index contributed by atoms with van der Waals surface area (Å²) >= 11 is 12.3. The van der Waals surface area contributed by atoms with E-state index in [1.54, 1.807) is 0 Å². The highest BCUT2D eigenvalue weighted by molar-refractivity contribution is 6.30. The third kappa shape index (κ3) is 4.85. The Balaban J connectivity index is 1.40. The first-order valence-electron chi connectivity index (χ1n) is 11.4. The number of halogens is 3. The zero-order valence-corrected chi connectivity index (χ0v) is 20.5. The van der Waals surface area contributed by atoms with E-state index >= 15 is 0 Å².